The van der Waals surface area contributed by atoms with Gasteiger partial charge >= 0.3 is 11.9 Å². The normalized spacial score (nSPS) is 21.7. The van der Waals surface area contributed by atoms with Gasteiger partial charge in [0.1, 0.15) is 42.4 Å². The first-order valence-electron chi connectivity index (χ1n) is 22.1. The van der Waals surface area contributed by atoms with Crippen LogP contribution in [0.15, 0.2) is 17.9 Å². The van der Waals surface area contributed by atoms with Gasteiger partial charge in [-0.05, 0) is 81.6 Å². The zero-order valence-electron chi connectivity index (χ0n) is 40.0. The molecule has 2 aliphatic rings. The molecule has 2 aliphatic heterocycles. The number of aliphatic hydroxyl groups is 2. The fourth-order valence-electron chi connectivity index (χ4n) is 8.30. The Hall–Kier alpha value is -5.18. The van der Waals surface area contributed by atoms with Gasteiger partial charge in [-0.2, -0.15) is 0 Å². The summed E-state index contributed by atoms with van der Waals surface area (Å²) in [6, 6.07) is -6.98. The van der Waals surface area contributed by atoms with Gasteiger partial charge in [0.25, 0.3) is 11.8 Å². The number of halogens is 2. The van der Waals surface area contributed by atoms with Crippen molar-refractivity contribution in [1.29, 1.82) is 0 Å². The summed E-state index contributed by atoms with van der Waals surface area (Å²) in [5.74, 6) is -8.88. The molecule has 67 heavy (non-hydrogen) atoms. The molecule has 6 N–H and O–H groups in total. The van der Waals surface area contributed by atoms with Crippen LogP contribution in [-0.2, 0) is 47.8 Å². The molecule has 0 radical (unpaired) electrons. The maximum atomic E-state index is 14.7. The number of nitrogens with one attached hydrogen (secondary N) is 3. The van der Waals surface area contributed by atoms with Crippen molar-refractivity contribution in [3.63, 3.8) is 0 Å². The summed E-state index contributed by atoms with van der Waals surface area (Å²) in [5.41, 5.74) is 0.199. The SMILES string of the molecule is COC(=O)[C@H]1C[C@@H](C)N1C(=O)[C@H](C(C)C)N(O)C(=O)[C@H](CC(C)C)NC(=O)[C@@H]1C[C@H](OC(C)=O)[C@@H](C)N1C(=O)[C@H](CC(C)C)NC(=O)[C@@H](NC(=O)/C(O)=C\c1cc(Cl)c(OC)c(Cl)c1)[C@@H](C)O. The fraction of sp³-hybridized carbons (Fsp3) is 0.644. The minimum atomic E-state index is -1.72. The van der Waals surface area contributed by atoms with Crippen molar-refractivity contribution in [3.05, 3.63) is 33.5 Å². The number of likely N-dealkylation sites (tertiary alicyclic amines) is 2. The summed E-state index contributed by atoms with van der Waals surface area (Å²) in [6.45, 7) is 15.9. The van der Waals surface area contributed by atoms with Crippen LogP contribution >= 0.6 is 23.2 Å². The summed E-state index contributed by atoms with van der Waals surface area (Å²) in [7, 11) is 2.54. The second-order valence-corrected chi connectivity index (χ2v) is 19.1. The second kappa shape index (κ2) is 24.2. The van der Waals surface area contributed by atoms with E-state index in [2.05, 4.69) is 16.0 Å². The van der Waals surface area contributed by atoms with Crippen LogP contribution in [0.1, 0.15) is 100 Å². The van der Waals surface area contributed by atoms with Crippen molar-refractivity contribution in [2.24, 2.45) is 17.8 Å². The summed E-state index contributed by atoms with van der Waals surface area (Å²) in [6.07, 6.45) is -1.54. The molecule has 374 valence electrons. The lowest BCUT2D eigenvalue weighted by molar-refractivity contribution is -0.196. The van der Waals surface area contributed by atoms with Crippen molar-refractivity contribution in [2.75, 3.05) is 14.2 Å². The molecule has 0 saturated carbocycles. The summed E-state index contributed by atoms with van der Waals surface area (Å²) in [4.78, 5) is 111. The topological polar surface area (TPSA) is 271 Å². The van der Waals surface area contributed by atoms with E-state index in [1.807, 2.05) is 0 Å². The number of amides is 6. The Kier molecular flexibility index (Phi) is 20.3. The second-order valence-electron chi connectivity index (χ2n) is 18.2. The number of nitrogens with zero attached hydrogens (tertiary/aromatic N) is 3. The predicted octanol–water partition coefficient (Wildman–Crippen LogP) is 3.15. The third kappa shape index (κ3) is 13.9. The first kappa shape index (κ1) is 56.1. The van der Waals surface area contributed by atoms with E-state index >= 15 is 0 Å². The molecule has 0 aromatic heterocycles. The summed E-state index contributed by atoms with van der Waals surface area (Å²) in [5, 5.41) is 40.8. The quantitative estimate of drug-likeness (QED) is 0.0361. The van der Waals surface area contributed by atoms with Crippen LogP contribution < -0.4 is 20.7 Å². The van der Waals surface area contributed by atoms with Gasteiger partial charge in [0.2, 0.25) is 23.6 Å². The summed E-state index contributed by atoms with van der Waals surface area (Å²) < 4.78 is 15.5. The van der Waals surface area contributed by atoms with Gasteiger partial charge in [0.15, 0.2) is 11.5 Å². The molecule has 20 nitrogen and oxygen atoms in total. The number of carbonyl (C=O) groups is 8. The number of hydrogen-bond donors (Lipinski definition) is 6. The minimum absolute atomic E-state index is 0.0179. The van der Waals surface area contributed by atoms with E-state index in [9.17, 15) is 53.8 Å². The Morgan fingerprint density at radius 3 is 1.88 bits per heavy atom. The largest absolute Gasteiger partial charge is 0.503 e. The molecule has 0 spiro atoms. The van der Waals surface area contributed by atoms with Crippen LogP contribution in [0.5, 0.6) is 5.75 Å². The highest BCUT2D eigenvalue weighted by Crippen LogP contribution is 2.35. The van der Waals surface area contributed by atoms with Crippen LogP contribution in [0.3, 0.4) is 0 Å². The Balaban J connectivity index is 1.95. The van der Waals surface area contributed by atoms with Crippen LogP contribution in [0.25, 0.3) is 6.08 Å². The lowest BCUT2D eigenvalue weighted by Crippen LogP contribution is -2.66. The number of hydroxylamine groups is 2. The third-order valence-electron chi connectivity index (χ3n) is 11.6. The van der Waals surface area contributed by atoms with E-state index in [0.717, 1.165) is 17.9 Å². The number of ether oxygens (including phenoxy) is 3. The highest BCUT2D eigenvalue weighted by molar-refractivity contribution is 6.37. The van der Waals surface area contributed by atoms with Gasteiger partial charge in [0, 0.05) is 19.4 Å². The molecule has 0 bridgehead atoms. The first-order valence-corrected chi connectivity index (χ1v) is 22.9. The zero-order chi connectivity index (χ0) is 50.9. The van der Waals surface area contributed by atoms with Crippen LogP contribution in [0.2, 0.25) is 10.0 Å². The van der Waals surface area contributed by atoms with E-state index in [-0.39, 0.29) is 57.5 Å². The standard InChI is InChI=1S/C45H66Cl2N6O14/c1-20(2)13-30(49-41(59)36(25(9)54)50-40(58)34(56)18-27-16-28(46)38(65-11)29(47)17-27)42(60)52-24(8)35(67-26(10)55)19-32(52)39(57)48-31(14-21(3)4)43(61)53(64)37(22(5)6)44(62)51-23(7)15-33(51)45(63)66-12/h16-18,20-25,30-33,35-37,54,56,64H,13-15,19H2,1-12H3,(H,48,57)(H,49,59)(H,50,58)/b34-18+/t23-,24-,25-,30+,31+,32+,33-,35+,36+,37+/m1/s1. The number of aliphatic hydroxyl groups excluding tert-OH is 2. The molecule has 1 aromatic carbocycles. The van der Waals surface area contributed by atoms with E-state index in [1.165, 1.54) is 45.1 Å². The van der Waals surface area contributed by atoms with Crippen LogP contribution in [0, 0.1) is 17.8 Å². The zero-order valence-corrected chi connectivity index (χ0v) is 41.5. The molecular formula is C45H66Cl2N6O14. The molecule has 10 atom stereocenters. The van der Waals surface area contributed by atoms with E-state index in [0.29, 0.717) is 6.42 Å². The maximum absolute atomic E-state index is 14.7. The Bertz CT molecular complexity index is 2030. The molecule has 0 aliphatic carbocycles. The van der Waals surface area contributed by atoms with Gasteiger partial charge < -0.3 is 50.2 Å². The first-order chi connectivity index (χ1) is 31.2. The van der Waals surface area contributed by atoms with Crippen molar-refractivity contribution in [1.82, 2.24) is 30.8 Å². The molecule has 0 unspecified atom stereocenters. The van der Waals surface area contributed by atoms with Gasteiger partial charge in [-0.1, -0.05) is 64.7 Å². The molecule has 3 rings (SSSR count). The molecule has 1 aromatic rings. The lowest BCUT2D eigenvalue weighted by atomic mass is 9.90. The van der Waals surface area contributed by atoms with Gasteiger partial charge in [0.05, 0.1) is 36.4 Å². The monoisotopic (exact) mass is 984 g/mol. The molecular weight excluding hydrogens is 919 g/mol. The van der Waals surface area contributed by atoms with Gasteiger partial charge in [-0.25, -0.2) is 9.86 Å². The van der Waals surface area contributed by atoms with Crippen molar-refractivity contribution in [2.45, 2.75) is 155 Å². The number of methoxy groups -OCH3 is 2. The molecule has 6 amide bonds. The number of hydrogen-bond acceptors (Lipinski definition) is 14. The number of carbonyl (C=O) groups excluding carboxylic acids is 8. The Labute approximate surface area is 400 Å². The van der Waals surface area contributed by atoms with Gasteiger partial charge in [-0.15, -0.1) is 0 Å². The highest BCUT2D eigenvalue weighted by Gasteiger charge is 2.51. The molecule has 22 heteroatoms. The van der Waals surface area contributed by atoms with Gasteiger partial charge in [-0.3, -0.25) is 38.8 Å². The van der Waals surface area contributed by atoms with Crippen LogP contribution in [-0.4, -0.2) is 152 Å². The highest BCUT2D eigenvalue weighted by atomic mass is 35.5. The third-order valence-corrected chi connectivity index (χ3v) is 12.1. The van der Waals surface area contributed by atoms with Crippen LogP contribution in [0.4, 0.5) is 0 Å². The Morgan fingerprint density at radius 2 is 1.40 bits per heavy atom. The van der Waals surface area contributed by atoms with E-state index in [1.54, 1.807) is 48.5 Å². The number of esters is 2. The average Bonchev–Trinajstić information content (AvgIpc) is 3.53. The smallest absolute Gasteiger partial charge is 0.328 e. The summed E-state index contributed by atoms with van der Waals surface area (Å²) >= 11 is 12.4. The van der Waals surface area contributed by atoms with Crippen molar-refractivity contribution < 1.29 is 68.0 Å². The minimum Gasteiger partial charge on any atom is -0.503 e. The van der Waals surface area contributed by atoms with Crippen molar-refractivity contribution >= 4 is 76.7 Å². The molecule has 2 saturated heterocycles. The van der Waals surface area contributed by atoms with E-state index in [4.69, 9.17) is 37.4 Å². The molecule has 2 heterocycles. The fourth-order valence-corrected chi connectivity index (χ4v) is 8.95. The Morgan fingerprint density at radius 1 is 0.836 bits per heavy atom. The number of rotatable bonds is 20. The van der Waals surface area contributed by atoms with E-state index < -0.39 is 120 Å². The predicted molar refractivity (Wildman–Crippen MR) is 244 cm³/mol. The number of benzene rings is 1. The molecule has 2 fully saturated rings. The van der Waals surface area contributed by atoms with Crippen molar-refractivity contribution in [3.8, 4) is 5.75 Å². The lowest BCUT2D eigenvalue weighted by Gasteiger charge is -2.47. The maximum Gasteiger partial charge on any atom is 0.328 e. The average molecular weight is 986 g/mol.